The van der Waals surface area contributed by atoms with E-state index in [1.54, 1.807) is 0 Å². The molecule has 57 heavy (non-hydrogen) atoms. The van der Waals surface area contributed by atoms with Crippen LogP contribution in [-0.4, -0.2) is 14.5 Å². The van der Waals surface area contributed by atoms with Crippen LogP contribution in [0.3, 0.4) is 0 Å². The summed E-state index contributed by atoms with van der Waals surface area (Å²) in [5.41, 5.74) is 15.2. The molecule has 0 aliphatic carbocycles. The largest absolute Gasteiger partial charge is 0.306 e. The smallest absolute Gasteiger partial charge is 0.159 e. The van der Waals surface area contributed by atoms with Gasteiger partial charge in [0.15, 0.2) is 5.82 Å². The first-order valence-electron chi connectivity index (χ1n) is 19.3. The Morgan fingerprint density at radius 3 is 1.46 bits per heavy atom. The standard InChI is InChI=1S/C52H35N5/c1-4-16-37(17-5-1)51-50(35-53-52(54-51)38-18-6-2-7-19-38)57-44-23-11-10-22-42(44)43-34-39(30-33-45(43)57)36-28-31-41(32-29-36)56-48-26-14-12-24-46(48)55(40-20-8-3-9-21-40)47-25-13-15-27-49(47)56/h1-35H. The van der Waals surface area contributed by atoms with Gasteiger partial charge in [0.25, 0.3) is 0 Å². The van der Waals surface area contributed by atoms with Crippen LogP contribution < -0.4 is 9.80 Å². The van der Waals surface area contributed by atoms with E-state index in [0.717, 1.165) is 78.8 Å². The lowest BCUT2D eigenvalue weighted by atomic mass is 10.0. The average molecular weight is 730 g/mol. The SMILES string of the molecule is c1ccc(-c2ncc(-n3c4ccccc4c4cc(-c5ccc(N6c7ccccc7N(c7ccccc7)c7ccccc76)cc5)ccc43)c(-c3ccccc3)n2)cc1. The van der Waals surface area contributed by atoms with Crippen LogP contribution in [0.5, 0.6) is 0 Å². The molecule has 0 spiro atoms. The molecule has 8 aromatic carbocycles. The number of anilines is 6. The van der Waals surface area contributed by atoms with Crippen molar-refractivity contribution in [3.05, 3.63) is 212 Å². The third kappa shape index (κ3) is 5.48. The van der Waals surface area contributed by atoms with Crippen molar-refractivity contribution in [3.8, 4) is 39.5 Å². The van der Waals surface area contributed by atoms with E-state index in [1.165, 1.54) is 10.8 Å². The van der Waals surface area contributed by atoms with E-state index >= 15 is 0 Å². The zero-order valence-corrected chi connectivity index (χ0v) is 30.9. The molecule has 0 bridgehead atoms. The van der Waals surface area contributed by atoms with Crippen molar-refractivity contribution in [2.24, 2.45) is 0 Å². The van der Waals surface area contributed by atoms with Crippen LogP contribution in [0, 0.1) is 0 Å². The zero-order chi connectivity index (χ0) is 37.7. The van der Waals surface area contributed by atoms with Gasteiger partial charge in [-0.3, -0.25) is 0 Å². The molecule has 0 saturated heterocycles. The summed E-state index contributed by atoms with van der Waals surface area (Å²) in [5.74, 6) is 0.703. The van der Waals surface area contributed by atoms with Gasteiger partial charge in [-0.1, -0.05) is 140 Å². The maximum Gasteiger partial charge on any atom is 0.159 e. The summed E-state index contributed by atoms with van der Waals surface area (Å²) in [6, 6.07) is 72.9. The Labute approximate surface area is 331 Å². The highest BCUT2D eigenvalue weighted by atomic mass is 15.3. The van der Waals surface area contributed by atoms with Crippen LogP contribution in [0.1, 0.15) is 0 Å². The molecule has 0 unspecified atom stereocenters. The van der Waals surface area contributed by atoms with E-state index in [-0.39, 0.29) is 0 Å². The highest BCUT2D eigenvalue weighted by Crippen LogP contribution is 2.54. The van der Waals surface area contributed by atoms with Gasteiger partial charge in [0.05, 0.1) is 51.4 Å². The van der Waals surface area contributed by atoms with Crippen molar-refractivity contribution < 1.29 is 0 Å². The maximum absolute atomic E-state index is 5.20. The molecule has 0 N–H and O–H groups in total. The van der Waals surface area contributed by atoms with Crippen LogP contribution in [0.15, 0.2) is 212 Å². The number of rotatable bonds is 6. The van der Waals surface area contributed by atoms with Gasteiger partial charge >= 0.3 is 0 Å². The molecule has 5 heteroatoms. The van der Waals surface area contributed by atoms with Crippen LogP contribution in [-0.2, 0) is 0 Å². The van der Waals surface area contributed by atoms with Gasteiger partial charge in [0.2, 0.25) is 0 Å². The van der Waals surface area contributed by atoms with Gasteiger partial charge in [0.1, 0.15) is 0 Å². The molecule has 0 saturated carbocycles. The molecule has 0 amide bonds. The van der Waals surface area contributed by atoms with Gasteiger partial charge in [-0.05, 0) is 77.9 Å². The fraction of sp³-hybridized carbons (Fsp3) is 0. The van der Waals surface area contributed by atoms with Gasteiger partial charge < -0.3 is 14.4 Å². The lowest BCUT2D eigenvalue weighted by Gasteiger charge is -2.40. The monoisotopic (exact) mass is 729 g/mol. The number of hydrogen-bond donors (Lipinski definition) is 0. The normalized spacial score (nSPS) is 12.1. The average Bonchev–Trinajstić information content (AvgIpc) is 3.62. The van der Waals surface area contributed by atoms with Gasteiger partial charge in [-0.15, -0.1) is 0 Å². The first-order valence-corrected chi connectivity index (χ1v) is 19.3. The number of fused-ring (bicyclic) bond motifs is 5. The van der Waals surface area contributed by atoms with Crippen molar-refractivity contribution in [1.82, 2.24) is 14.5 Å². The molecule has 11 rings (SSSR count). The minimum atomic E-state index is 0.703. The Balaban J connectivity index is 1.01. The molecule has 0 fully saturated rings. The van der Waals surface area contributed by atoms with Crippen molar-refractivity contribution in [1.29, 1.82) is 0 Å². The molecule has 3 heterocycles. The second-order valence-electron chi connectivity index (χ2n) is 14.3. The summed E-state index contributed by atoms with van der Waals surface area (Å²) >= 11 is 0. The summed E-state index contributed by atoms with van der Waals surface area (Å²) in [6.45, 7) is 0. The van der Waals surface area contributed by atoms with E-state index in [2.05, 4.69) is 196 Å². The Kier molecular flexibility index (Phi) is 7.74. The summed E-state index contributed by atoms with van der Waals surface area (Å²) in [5, 5.41) is 2.36. The van der Waals surface area contributed by atoms with Crippen LogP contribution in [0.2, 0.25) is 0 Å². The highest BCUT2D eigenvalue weighted by molar-refractivity contribution is 6.11. The number of hydrogen-bond acceptors (Lipinski definition) is 4. The first kappa shape index (κ1) is 32.7. The number of para-hydroxylation sites is 6. The molecule has 10 aromatic rings. The number of benzene rings is 8. The minimum absolute atomic E-state index is 0.703. The second kappa shape index (κ2) is 13.5. The fourth-order valence-electron chi connectivity index (χ4n) is 8.37. The maximum atomic E-state index is 5.20. The van der Waals surface area contributed by atoms with Crippen molar-refractivity contribution >= 4 is 55.9 Å². The van der Waals surface area contributed by atoms with Crippen molar-refractivity contribution in [3.63, 3.8) is 0 Å². The lowest BCUT2D eigenvalue weighted by Crippen LogP contribution is -2.23. The highest BCUT2D eigenvalue weighted by Gasteiger charge is 2.30. The summed E-state index contributed by atoms with van der Waals surface area (Å²) in [4.78, 5) is 14.9. The van der Waals surface area contributed by atoms with Gasteiger partial charge in [0, 0.05) is 33.3 Å². The van der Waals surface area contributed by atoms with Gasteiger partial charge in [-0.25, -0.2) is 9.97 Å². The van der Waals surface area contributed by atoms with E-state index in [0.29, 0.717) is 5.82 Å². The molecule has 5 nitrogen and oxygen atoms in total. The van der Waals surface area contributed by atoms with E-state index < -0.39 is 0 Å². The Morgan fingerprint density at radius 1 is 0.333 bits per heavy atom. The third-order valence-electron chi connectivity index (χ3n) is 11.0. The minimum Gasteiger partial charge on any atom is -0.306 e. The van der Waals surface area contributed by atoms with Crippen LogP contribution in [0.25, 0.3) is 61.3 Å². The molecular weight excluding hydrogens is 695 g/mol. The molecule has 0 radical (unpaired) electrons. The Bertz CT molecular complexity index is 3020. The lowest BCUT2D eigenvalue weighted by molar-refractivity contribution is 1.09. The molecular formula is C52H35N5. The molecule has 2 aromatic heterocycles. The van der Waals surface area contributed by atoms with Crippen molar-refractivity contribution in [2.45, 2.75) is 0 Å². The first-order chi connectivity index (χ1) is 28.3. The summed E-state index contributed by atoms with van der Waals surface area (Å²) in [7, 11) is 0. The topological polar surface area (TPSA) is 37.2 Å². The predicted octanol–water partition coefficient (Wildman–Crippen LogP) is 13.8. The second-order valence-corrected chi connectivity index (χ2v) is 14.3. The molecule has 0 atom stereocenters. The molecule has 268 valence electrons. The van der Waals surface area contributed by atoms with Crippen LogP contribution in [0.4, 0.5) is 34.1 Å². The Hall–Kier alpha value is -7.76. The molecule has 1 aliphatic rings. The summed E-state index contributed by atoms with van der Waals surface area (Å²) in [6.07, 6.45) is 1.98. The predicted molar refractivity (Wildman–Crippen MR) is 236 cm³/mol. The quantitative estimate of drug-likeness (QED) is 0.171. The summed E-state index contributed by atoms with van der Waals surface area (Å²) < 4.78 is 2.32. The van der Waals surface area contributed by atoms with E-state index in [4.69, 9.17) is 9.97 Å². The number of aromatic nitrogens is 3. The Morgan fingerprint density at radius 2 is 0.825 bits per heavy atom. The fourth-order valence-corrected chi connectivity index (χ4v) is 8.37. The molecule has 1 aliphatic heterocycles. The third-order valence-corrected chi connectivity index (χ3v) is 11.0. The van der Waals surface area contributed by atoms with Gasteiger partial charge in [-0.2, -0.15) is 0 Å². The van der Waals surface area contributed by atoms with Crippen LogP contribution >= 0.6 is 0 Å². The number of nitrogens with zero attached hydrogens (tertiary/aromatic N) is 5. The van der Waals surface area contributed by atoms with E-state index in [1.807, 2.05) is 30.5 Å². The van der Waals surface area contributed by atoms with E-state index in [9.17, 15) is 0 Å². The zero-order valence-electron chi connectivity index (χ0n) is 30.9. The van der Waals surface area contributed by atoms with Crippen molar-refractivity contribution in [2.75, 3.05) is 9.80 Å².